The number of fused-ring (bicyclic) bond motifs is 3. The molecule has 0 aliphatic rings. The van der Waals surface area contributed by atoms with Gasteiger partial charge in [-0.15, -0.1) is 0 Å². The van der Waals surface area contributed by atoms with E-state index in [9.17, 15) is 5.11 Å². The predicted octanol–water partition coefficient (Wildman–Crippen LogP) is 15.9. The van der Waals surface area contributed by atoms with Crippen LogP contribution in [0.1, 0.15) is 52.7 Å². The van der Waals surface area contributed by atoms with Crippen molar-refractivity contribution in [2.24, 2.45) is 0 Å². The number of hydrogen-bond donors (Lipinski definition) is 1. The lowest BCUT2D eigenvalue weighted by molar-refractivity contribution is 0.477. The van der Waals surface area contributed by atoms with E-state index in [1.807, 2.05) is 24.4 Å². The molecular weight excluding hydrogens is 779 g/mol. The predicted molar refractivity (Wildman–Crippen MR) is 268 cm³/mol. The van der Waals surface area contributed by atoms with Gasteiger partial charge in [0.1, 0.15) is 5.75 Å². The van der Waals surface area contributed by atoms with Crippen LogP contribution in [0.3, 0.4) is 0 Å². The topological polar surface area (TPSA) is 50.9 Å². The normalized spacial score (nSPS) is 12.0. The number of phenolic OH excluding ortho intramolecular Hbond substituents is 1. The highest BCUT2D eigenvalue weighted by atomic mass is 16.3. The fourth-order valence-electron chi connectivity index (χ4n) is 8.80. The molecule has 10 rings (SSSR count). The van der Waals surface area contributed by atoms with Gasteiger partial charge < -0.3 is 9.67 Å². The van der Waals surface area contributed by atoms with Crippen molar-refractivity contribution < 1.29 is 5.11 Å². The van der Waals surface area contributed by atoms with Gasteiger partial charge in [-0.1, -0.05) is 157 Å². The van der Waals surface area contributed by atoms with Gasteiger partial charge in [0.2, 0.25) is 0 Å². The first-order chi connectivity index (χ1) is 30.9. The fourth-order valence-corrected chi connectivity index (χ4v) is 8.80. The molecule has 4 nitrogen and oxygen atoms in total. The summed E-state index contributed by atoms with van der Waals surface area (Å²) in [6.45, 7) is 13.6. The van der Waals surface area contributed by atoms with E-state index in [4.69, 9.17) is 9.97 Å². The number of para-hydroxylation sites is 2. The summed E-state index contributed by atoms with van der Waals surface area (Å²) in [7, 11) is 0. The van der Waals surface area contributed by atoms with Crippen molar-refractivity contribution in [3.63, 3.8) is 0 Å². The summed E-state index contributed by atoms with van der Waals surface area (Å²) in [4.78, 5) is 10.1. The first-order valence-electron chi connectivity index (χ1n) is 22.1. The van der Waals surface area contributed by atoms with Crippen molar-refractivity contribution in [3.05, 3.63) is 205 Å². The Bertz CT molecular complexity index is 3310. The summed E-state index contributed by atoms with van der Waals surface area (Å²) in [5, 5.41) is 13.5. The van der Waals surface area contributed by atoms with Crippen LogP contribution in [0.25, 0.3) is 94.6 Å². The number of phenols is 1. The van der Waals surface area contributed by atoms with Crippen LogP contribution in [0, 0.1) is 0 Å². The lowest BCUT2D eigenvalue weighted by Gasteiger charge is -2.26. The van der Waals surface area contributed by atoms with Crippen LogP contribution >= 0.6 is 0 Å². The summed E-state index contributed by atoms with van der Waals surface area (Å²) in [6.07, 6.45) is 1.91. The summed E-state index contributed by atoms with van der Waals surface area (Å²) in [5.41, 5.74) is 17.8. The van der Waals surface area contributed by atoms with Gasteiger partial charge in [-0.2, -0.15) is 0 Å². The molecule has 0 unspecified atom stereocenters. The van der Waals surface area contributed by atoms with E-state index in [1.165, 1.54) is 38.5 Å². The van der Waals surface area contributed by atoms with Crippen molar-refractivity contribution >= 4 is 21.8 Å². The van der Waals surface area contributed by atoms with E-state index in [1.54, 1.807) is 6.07 Å². The van der Waals surface area contributed by atoms with E-state index in [2.05, 4.69) is 210 Å². The molecule has 0 spiro atoms. The monoisotopic (exact) mass is 829 g/mol. The molecule has 64 heavy (non-hydrogen) atoms. The standard InChI is InChI=1S/C60H51N3O/c1-59(2,3)47-32-45(33-48(38-47)60(4,5)6)46-36-54(62-55(37-46)51-20-11-13-22-58(51)64)44-18-14-17-43(31-44)53-35-42(29-30-61-53)41-25-28-57-52(34-41)50-19-10-12-21-56(50)63(57)49-26-23-40(24-27-49)39-15-8-7-9-16-39/h7-38,64H,1-6H3. The van der Waals surface area contributed by atoms with Gasteiger partial charge in [-0.3, -0.25) is 4.98 Å². The lowest BCUT2D eigenvalue weighted by Crippen LogP contribution is -2.16. The average Bonchev–Trinajstić information content (AvgIpc) is 3.65. The van der Waals surface area contributed by atoms with Crippen molar-refractivity contribution in [2.75, 3.05) is 0 Å². The molecule has 4 heteroatoms. The first-order valence-corrected chi connectivity index (χ1v) is 22.1. The van der Waals surface area contributed by atoms with Gasteiger partial charge >= 0.3 is 0 Å². The van der Waals surface area contributed by atoms with E-state index >= 15 is 0 Å². The van der Waals surface area contributed by atoms with Gasteiger partial charge in [0.25, 0.3) is 0 Å². The highest BCUT2D eigenvalue weighted by molar-refractivity contribution is 6.10. The number of hydrogen-bond acceptors (Lipinski definition) is 3. The Balaban J connectivity index is 1.04. The molecular formula is C60H51N3O. The van der Waals surface area contributed by atoms with E-state index in [0.717, 1.165) is 61.7 Å². The van der Waals surface area contributed by atoms with Crippen LogP contribution < -0.4 is 0 Å². The summed E-state index contributed by atoms with van der Waals surface area (Å²) in [5.74, 6) is 0.201. The first kappa shape index (κ1) is 40.5. The number of pyridine rings is 2. The van der Waals surface area contributed by atoms with E-state index in [-0.39, 0.29) is 16.6 Å². The molecule has 3 heterocycles. The number of benzene rings is 7. The molecule has 10 aromatic rings. The van der Waals surface area contributed by atoms with Crippen LogP contribution in [0.4, 0.5) is 0 Å². The third kappa shape index (κ3) is 7.77. The summed E-state index contributed by atoms with van der Waals surface area (Å²) in [6, 6.07) is 66.3. The molecule has 0 radical (unpaired) electrons. The van der Waals surface area contributed by atoms with Crippen molar-refractivity contribution in [3.8, 4) is 78.6 Å². The van der Waals surface area contributed by atoms with Crippen LogP contribution in [-0.2, 0) is 10.8 Å². The molecule has 312 valence electrons. The van der Waals surface area contributed by atoms with Crippen molar-refractivity contribution in [1.82, 2.24) is 14.5 Å². The smallest absolute Gasteiger partial charge is 0.124 e. The summed E-state index contributed by atoms with van der Waals surface area (Å²) < 4.78 is 2.37. The lowest BCUT2D eigenvalue weighted by atomic mass is 9.79. The van der Waals surface area contributed by atoms with Crippen molar-refractivity contribution in [1.29, 1.82) is 0 Å². The second-order valence-corrected chi connectivity index (χ2v) is 19.0. The quantitative estimate of drug-likeness (QED) is 0.174. The van der Waals surface area contributed by atoms with Crippen LogP contribution in [-0.4, -0.2) is 19.6 Å². The number of nitrogens with zero attached hydrogens (tertiary/aromatic N) is 3. The summed E-state index contributed by atoms with van der Waals surface area (Å²) >= 11 is 0. The highest BCUT2D eigenvalue weighted by Crippen LogP contribution is 2.40. The molecule has 0 saturated heterocycles. The Morgan fingerprint density at radius 1 is 0.391 bits per heavy atom. The zero-order chi connectivity index (χ0) is 44.2. The molecule has 0 saturated carbocycles. The molecule has 1 N–H and O–H groups in total. The number of rotatable bonds is 7. The molecule has 0 atom stereocenters. The van der Waals surface area contributed by atoms with Crippen molar-refractivity contribution in [2.45, 2.75) is 52.4 Å². The largest absolute Gasteiger partial charge is 0.507 e. The van der Waals surface area contributed by atoms with Gasteiger partial charge in [0.15, 0.2) is 0 Å². The number of aromatic nitrogens is 3. The van der Waals surface area contributed by atoms with Crippen LogP contribution in [0.15, 0.2) is 194 Å². The maximum Gasteiger partial charge on any atom is 0.124 e. The maximum atomic E-state index is 11.1. The second-order valence-electron chi connectivity index (χ2n) is 19.0. The third-order valence-electron chi connectivity index (χ3n) is 12.5. The number of aromatic hydroxyl groups is 1. The molecule has 0 aliphatic heterocycles. The Morgan fingerprint density at radius 2 is 0.953 bits per heavy atom. The molecule has 0 amide bonds. The Morgan fingerprint density at radius 3 is 1.69 bits per heavy atom. The Kier molecular flexibility index (Phi) is 10.1. The Hall–Kier alpha value is -7.56. The zero-order valence-electron chi connectivity index (χ0n) is 37.3. The van der Waals surface area contributed by atoms with E-state index < -0.39 is 0 Å². The average molecular weight is 830 g/mol. The SMILES string of the molecule is CC(C)(C)c1cc(-c2cc(-c3cccc(-c4cc(-c5ccc6c(c5)c5ccccc5n6-c5ccc(-c6ccccc6)cc5)ccn4)c3)nc(-c3ccccc3O)c2)cc(C(C)(C)C)c1. The minimum atomic E-state index is -0.0389. The third-order valence-corrected chi connectivity index (χ3v) is 12.5. The van der Waals surface area contributed by atoms with Gasteiger partial charge in [-0.25, -0.2) is 4.98 Å². The molecule has 7 aromatic carbocycles. The Labute approximate surface area is 376 Å². The zero-order valence-corrected chi connectivity index (χ0v) is 37.3. The molecule has 3 aromatic heterocycles. The minimum Gasteiger partial charge on any atom is -0.507 e. The molecule has 0 aliphatic carbocycles. The maximum absolute atomic E-state index is 11.1. The van der Waals surface area contributed by atoms with Gasteiger partial charge in [0, 0.05) is 39.3 Å². The highest BCUT2D eigenvalue weighted by Gasteiger charge is 2.22. The van der Waals surface area contributed by atoms with E-state index in [0.29, 0.717) is 5.56 Å². The molecule has 0 bridgehead atoms. The fraction of sp³-hybridized carbons (Fsp3) is 0.133. The minimum absolute atomic E-state index is 0.0389. The second kappa shape index (κ2) is 16.0. The van der Waals surface area contributed by atoms with Gasteiger partial charge in [-0.05, 0) is 128 Å². The molecule has 0 fully saturated rings. The van der Waals surface area contributed by atoms with Crippen LogP contribution in [0.5, 0.6) is 5.75 Å². The van der Waals surface area contributed by atoms with Gasteiger partial charge in [0.05, 0.1) is 28.1 Å². The van der Waals surface area contributed by atoms with Crippen LogP contribution in [0.2, 0.25) is 0 Å².